The summed E-state index contributed by atoms with van der Waals surface area (Å²) in [6, 6.07) is 21.9. The molecule has 1 N–H and O–H groups in total. The zero-order chi connectivity index (χ0) is 14.5. The molecule has 0 aliphatic carbocycles. The van der Waals surface area contributed by atoms with E-state index in [9.17, 15) is 0 Å². The second-order valence-corrected chi connectivity index (χ2v) is 4.74. The summed E-state index contributed by atoms with van der Waals surface area (Å²) in [6.07, 6.45) is 1.38. The number of rotatable bonds is 4. The van der Waals surface area contributed by atoms with Crippen molar-refractivity contribution in [3.63, 3.8) is 0 Å². The third-order valence-electron chi connectivity index (χ3n) is 3.36. The fraction of sp³-hybridized carbons (Fsp3) is 0.0556. The first kappa shape index (κ1) is 13.2. The standard InChI is InChI=1S/C18H15NO2/c20-19-12-14-8-10-17(11-9-14)21-13-16-6-3-5-15-4-1-2-7-18(15)16/h1-12,20H,13H2. The van der Waals surface area contributed by atoms with E-state index in [1.165, 1.54) is 17.0 Å². The van der Waals surface area contributed by atoms with Crippen LogP contribution in [0.25, 0.3) is 10.8 Å². The van der Waals surface area contributed by atoms with Gasteiger partial charge >= 0.3 is 0 Å². The highest BCUT2D eigenvalue weighted by Crippen LogP contribution is 2.20. The molecule has 0 spiro atoms. The average molecular weight is 277 g/mol. The number of benzene rings is 3. The van der Waals surface area contributed by atoms with Crippen molar-refractivity contribution in [1.29, 1.82) is 0 Å². The molecule has 3 aromatic carbocycles. The summed E-state index contributed by atoms with van der Waals surface area (Å²) >= 11 is 0. The third-order valence-corrected chi connectivity index (χ3v) is 3.36. The van der Waals surface area contributed by atoms with Gasteiger partial charge in [0.15, 0.2) is 0 Å². The molecule has 0 atom stereocenters. The van der Waals surface area contributed by atoms with Crippen molar-refractivity contribution in [3.8, 4) is 5.75 Å². The second kappa shape index (κ2) is 6.09. The molecule has 0 radical (unpaired) electrons. The summed E-state index contributed by atoms with van der Waals surface area (Å²) in [6.45, 7) is 0.523. The van der Waals surface area contributed by atoms with Crippen LogP contribution < -0.4 is 4.74 Å². The van der Waals surface area contributed by atoms with E-state index < -0.39 is 0 Å². The van der Waals surface area contributed by atoms with Crippen molar-refractivity contribution in [2.45, 2.75) is 6.61 Å². The lowest BCUT2D eigenvalue weighted by Gasteiger charge is -2.09. The largest absolute Gasteiger partial charge is 0.489 e. The van der Waals surface area contributed by atoms with Gasteiger partial charge in [-0.3, -0.25) is 0 Å². The van der Waals surface area contributed by atoms with Crippen molar-refractivity contribution >= 4 is 17.0 Å². The minimum Gasteiger partial charge on any atom is -0.489 e. The fourth-order valence-electron chi connectivity index (χ4n) is 2.30. The molecule has 3 aromatic rings. The highest BCUT2D eigenvalue weighted by atomic mass is 16.5. The summed E-state index contributed by atoms with van der Waals surface area (Å²) < 4.78 is 5.83. The number of hydrogen-bond donors (Lipinski definition) is 1. The van der Waals surface area contributed by atoms with Gasteiger partial charge in [-0.15, -0.1) is 0 Å². The Hall–Kier alpha value is -2.81. The molecular formula is C18H15NO2. The molecule has 0 heterocycles. The van der Waals surface area contributed by atoms with Crippen molar-refractivity contribution < 1.29 is 9.94 Å². The molecule has 104 valence electrons. The zero-order valence-electron chi connectivity index (χ0n) is 11.4. The zero-order valence-corrected chi connectivity index (χ0v) is 11.4. The molecule has 0 fully saturated rings. The summed E-state index contributed by atoms with van der Waals surface area (Å²) in [5.41, 5.74) is 1.99. The van der Waals surface area contributed by atoms with Crippen LogP contribution in [0.4, 0.5) is 0 Å². The van der Waals surface area contributed by atoms with E-state index in [1.807, 2.05) is 42.5 Å². The number of fused-ring (bicyclic) bond motifs is 1. The van der Waals surface area contributed by atoms with Crippen LogP contribution in [0, 0.1) is 0 Å². The van der Waals surface area contributed by atoms with Crippen molar-refractivity contribution in [3.05, 3.63) is 77.9 Å². The minimum atomic E-state index is 0.523. The van der Waals surface area contributed by atoms with E-state index in [1.54, 1.807) is 0 Å². The van der Waals surface area contributed by atoms with E-state index in [-0.39, 0.29) is 0 Å². The smallest absolute Gasteiger partial charge is 0.119 e. The molecule has 3 heteroatoms. The van der Waals surface area contributed by atoms with Crippen LogP contribution in [-0.2, 0) is 6.61 Å². The fourth-order valence-corrected chi connectivity index (χ4v) is 2.30. The maximum absolute atomic E-state index is 8.48. The van der Waals surface area contributed by atoms with E-state index in [0.29, 0.717) is 6.61 Å². The van der Waals surface area contributed by atoms with Gasteiger partial charge in [0.25, 0.3) is 0 Å². The Morgan fingerprint density at radius 1 is 0.905 bits per heavy atom. The second-order valence-electron chi connectivity index (χ2n) is 4.74. The Morgan fingerprint density at radius 2 is 1.67 bits per heavy atom. The topological polar surface area (TPSA) is 41.8 Å². The van der Waals surface area contributed by atoms with Crippen LogP contribution in [0.2, 0.25) is 0 Å². The molecule has 3 nitrogen and oxygen atoms in total. The van der Waals surface area contributed by atoms with Crippen molar-refractivity contribution in [1.82, 2.24) is 0 Å². The minimum absolute atomic E-state index is 0.523. The van der Waals surface area contributed by atoms with Gasteiger partial charge in [0.1, 0.15) is 12.4 Å². The van der Waals surface area contributed by atoms with E-state index >= 15 is 0 Å². The first-order valence-electron chi connectivity index (χ1n) is 6.74. The summed E-state index contributed by atoms with van der Waals surface area (Å²) in [5.74, 6) is 0.790. The van der Waals surface area contributed by atoms with Gasteiger partial charge in [-0.2, -0.15) is 0 Å². The molecule has 0 bridgehead atoms. The van der Waals surface area contributed by atoms with Gasteiger partial charge in [0.2, 0.25) is 0 Å². The normalized spacial score (nSPS) is 11.0. The first-order valence-corrected chi connectivity index (χ1v) is 6.74. The predicted molar refractivity (Wildman–Crippen MR) is 84.1 cm³/mol. The maximum atomic E-state index is 8.48. The molecule has 0 saturated carbocycles. The third kappa shape index (κ3) is 3.03. The van der Waals surface area contributed by atoms with Crippen molar-refractivity contribution in [2.24, 2.45) is 5.16 Å². The predicted octanol–water partition coefficient (Wildman–Crippen LogP) is 4.23. The van der Waals surface area contributed by atoms with Crippen molar-refractivity contribution in [2.75, 3.05) is 0 Å². The highest BCUT2D eigenvalue weighted by Gasteiger charge is 2.01. The van der Waals surface area contributed by atoms with Crippen LogP contribution in [0.5, 0.6) is 5.75 Å². The van der Waals surface area contributed by atoms with Gasteiger partial charge in [-0.1, -0.05) is 47.6 Å². The number of ether oxygens (including phenoxy) is 1. The van der Waals surface area contributed by atoms with E-state index in [4.69, 9.17) is 9.94 Å². The lowest BCUT2D eigenvalue weighted by atomic mass is 10.1. The Labute approximate surface area is 123 Å². The first-order chi connectivity index (χ1) is 10.4. The van der Waals surface area contributed by atoms with E-state index in [0.717, 1.165) is 16.9 Å². The highest BCUT2D eigenvalue weighted by molar-refractivity contribution is 5.85. The number of hydrogen-bond acceptors (Lipinski definition) is 3. The van der Waals surface area contributed by atoms with E-state index in [2.05, 4.69) is 29.4 Å². The monoisotopic (exact) mass is 277 g/mol. The van der Waals surface area contributed by atoms with Crippen LogP contribution in [0.15, 0.2) is 71.9 Å². The summed E-state index contributed by atoms with van der Waals surface area (Å²) in [5, 5.41) is 13.9. The number of nitrogens with zero attached hydrogens (tertiary/aromatic N) is 1. The Kier molecular flexibility index (Phi) is 3.83. The van der Waals surface area contributed by atoms with Gasteiger partial charge in [0, 0.05) is 0 Å². The SMILES string of the molecule is ON=Cc1ccc(OCc2cccc3ccccc23)cc1. The van der Waals surface area contributed by atoms with Gasteiger partial charge in [-0.25, -0.2) is 0 Å². The molecule has 0 aliphatic rings. The quantitative estimate of drug-likeness (QED) is 0.440. The molecule has 0 aromatic heterocycles. The van der Waals surface area contributed by atoms with Gasteiger partial charge in [0.05, 0.1) is 6.21 Å². The van der Waals surface area contributed by atoms with Crippen LogP contribution in [0.3, 0.4) is 0 Å². The van der Waals surface area contributed by atoms with Crippen LogP contribution in [-0.4, -0.2) is 11.4 Å². The van der Waals surface area contributed by atoms with Crippen LogP contribution in [0.1, 0.15) is 11.1 Å². The number of oxime groups is 1. The Morgan fingerprint density at radius 3 is 2.48 bits per heavy atom. The average Bonchev–Trinajstić information content (AvgIpc) is 2.54. The summed E-state index contributed by atoms with van der Waals surface area (Å²) in [7, 11) is 0. The maximum Gasteiger partial charge on any atom is 0.119 e. The lowest BCUT2D eigenvalue weighted by Crippen LogP contribution is -1.96. The lowest BCUT2D eigenvalue weighted by molar-refractivity contribution is 0.307. The molecule has 21 heavy (non-hydrogen) atoms. The molecule has 0 aliphatic heterocycles. The van der Waals surface area contributed by atoms with Gasteiger partial charge in [-0.05, 0) is 46.2 Å². The van der Waals surface area contributed by atoms with Gasteiger partial charge < -0.3 is 9.94 Å². The molecular weight excluding hydrogens is 262 g/mol. The summed E-state index contributed by atoms with van der Waals surface area (Å²) in [4.78, 5) is 0. The molecule has 0 amide bonds. The van der Waals surface area contributed by atoms with Crippen LogP contribution >= 0.6 is 0 Å². The Balaban J connectivity index is 1.77. The molecule has 0 unspecified atom stereocenters. The Bertz CT molecular complexity index is 758. The molecule has 3 rings (SSSR count). The molecule has 0 saturated heterocycles.